The van der Waals surface area contributed by atoms with Crippen LogP contribution < -0.4 is 5.73 Å². The van der Waals surface area contributed by atoms with Crippen molar-refractivity contribution in [3.63, 3.8) is 0 Å². The fraction of sp³-hybridized carbons (Fsp3) is 0.750. The average molecular weight is 141 g/mol. The molecule has 5 heteroatoms. The van der Waals surface area contributed by atoms with Crippen LogP contribution in [0.5, 0.6) is 0 Å². The van der Waals surface area contributed by atoms with Gasteiger partial charge in [-0.25, -0.2) is 0 Å². The van der Waals surface area contributed by atoms with Crippen LogP contribution in [-0.4, -0.2) is 18.5 Å². The molecule has 0 radical (unpaired) electrons. The van der Waals surface area contributed by atoms with Gasteiger partial charge >= 0.3 is 6.18 Å². The largest absolute Gasteiger partial charge is 0.395 e. The van der Waals surface area contributed by atoms with E-state index in [-0.39, 0.29) is 0 Å². The van der Waals surface area contributed by atoms with E-state index in [0.717, 1.165) is 0 Å². The zero-order valence-corrected chi connectivity index (χ0v) is 4.53. The zero-order chi connectivity index (χ0) is 7.49. The Bertz CT molecular complexity index is 109. The molecule has 0 amide bonds. The van der Waals surface area contributed by atoms with E-state index in [1.54, 1.807) is 0 Å². The molecule has 0 atom stereocenters. The highest BCUT2D eigenvalue weighted by atomic mass is 19.4. The molecule has 0 aromatic rings. The van der Waals surface area contributed by atoms with Crippen LogP contribution in [0.15, 0.2) is 0 Å². The minimum Gasteiger partial charge on any atom is -0.324 e. The quantitative estimate of drug-likeness (QED) is 0.607. The standard InChI is InChI=1S/C4H6F3NO/c5-4(6,7)1-3(9)2-8/h1-2,8H2. The normalized spacial score (nSPS) is 11.6. The van der Waals surface area contributed by atoms with Crippen molar-refractivity contribution >= 4 is 5.78 Å². The third-order valence-corrected chi connectivity index (χ3v) is 0.625. The molecule has 2 N–H and O–H groups in total. The van der Waals surface area contributed by atoms with Gasteiger partial charge in [0.05, 0.1) is 6.54 Å². The third kappa shape index (κ3) is 5.29. The first kappa shape index (κ1) is 8.42. The second-order valence-electron chi connectivity index (χ2n) is 1.53. The fourth-order valence-corrected chi connectivity index (χ4v) is 0.296. The summed E-state index contributed by atoms with van der Waals surface area (Å²) in [7, 11) is 0. The Labute approximate surface area is 49.8 Å². The molecule has 0 aliphatic carbocycles. The summed E-state index contributed by atoms with van der Waals surface area (Å²) < 4.78 is 33.6. The van der Waals surface area contributed by atoms with Gasteiger partial charge in [-0.3, -0.25) is 4.79 Å². The third-order valence-electron chi connectivity index (χ3n) is 0.625. The molecule has 0 saturated heterocycles. The Morgan fingerprint density at radius 1 is 1.44 bits per heavy atom. The lowest BCUT2D eigenvalue weighted by Gasteiger charge is -2.01. The molecule has 0 spiro atoms. The van der Waals surface area contributed by atoms with E-state index in [0.29, 0.717) is 0 Å². The first-order valence-electron chi connectivity index (χ1n) is 2.24. The minimum atomic E-state index is -4.41. The molecule has 0 bridgehead atoms. The molecule has 54 valence electrons. The second kappa shape index (κ2) is 2.82. The van der Waals surface area contributed by atoms with Crippen molar-refractivity contribution in [2.75, 3.05) is 6.54 Å². The first-order valence-corrected chi connectivity index (χ1v) is 2.24. The number of ketones is 1. The summed E-state index contributed by atoms with van der Waals surface area (Å²) in [5.41, 5.74) is 4.63. The molecular weight excluding hydrogens is 135 g/mol. The number of carbonyl (C=O) groups excluding carboxylic acids is 1. The molecule has 0 aromatic heterocycles. The summed E-state index contributed by atoms with van der Waals surface area (Å²) in [5.74, 6) is -0.984. The number of nitrogens with two attached hydrogens (primary N) is 1. The van der Waals surface area contributed by atoms with Gasteiger partial charge in [0.1, 0.15) is 6.42 Å². The molecule has 0 heterocycles. The van der Waals surface area contributed by atoms with Crippen LogP contribution >= 0.6 is 0 Å². The van der Waals surface area contributed by atoms with E-state index < -0.39 is 24.9 Å². The molecule has 9 heavy (non-hydrogen) atoms. The van der Waals surface area contributed by atoms with Crippen LogP contribution in [0, 0.1) is 0 Å². The number of hydrogen-bond acceptors (Lipinski definition) is 2. The predicted molar refractivity (Wildman–Crippen MR) is 24.7 cm³/mol. The molecule has 0 fully saturated rings. The van der Waals surface area contributed by atoms with Crippen molar-refractivity contribution < 1.29 is 18.0 Å². The summed E-state index contributed by atoms with van der Waals surface area (Å²) in [6, 6.07) is 0. The number of rotatable bonds is 2. The summed E-state index contributed by atoms with van der Waals surface area (Å²) >= 11 is 0. The number of hydrogen-bond donors (Lipinski definition) is 1. The molecule has 0 unspecified atom stereocenters. The van der Waals surface area contributed by atoms with E-state index in [1.807, 2.05) is 0 Å². The van der Waals surface area contributed by atoms with Gasteiger partial charge in [0, 0.05) is 0 Å². The Kier molecular flexibility index (Phi) is 2.64. The maximum atomic E-state index is 11.2. The van der Waals surface area contributed by atoms with Gasteiger partial charge < -0.3 is 5.73 Å². The van der Waals surface area contributed by atoms with Crippen molar-refractivity contribution in [1.29, 1.82) is 0 Å². The number of Topliss-reactive ketones (excluding diaryl/α,β-unsaturated/α-hetero) is 1. The Morgan fingerprint density at radius 3 is 2.00 bits per heavy atom. The lowest BCUT2D eigenvalue weighted by Crippen LogP contribution is -2.21. The van der Waals surface area contributed by atoms with Gasteiger partial charge in [-0.05, 0) is 0 Å². The highest BCUT2D eigenvalue weighted by molar-refractivity contribution is 5.80. The van der Waals surface area contributed by atoms with Crippen LogP contribution in [0.1, 0.15) is 6.42 Å². The summed E-state index contributed by atoms with van der Waals surface area (Å²) in [6.45, 7) is -0.542. The molecular formula is C4H6F3NO. The lowest BCUT2D eigenvalue weighted by molar-refractivity contribution is -0.151. The molecule has 0 aromatic carbocycles. The van der Waals surface area contributed by atoms with Crippen LogP contribution in [0.2, 0.25) is 0 Å². The van der Waals surface area contributed by atoms with Gasteiger partial charge in [-0.2, -0.15) is 13.2 Å². The Hall–Kier alpha value is -0.580. The molecule has 2 nitrogen and oxygen atoms in total. The van der Waals surface area contributed by atoms with E-state index in [2.05, 4.69) is 5.73 Å². The van der Waals surface area contributed by atoms with E-state index in [9.17, 15) is 18.0 Å². The van der Waals surface area contributed by atoms with E-state index >= 15 is 0 Å². The average Bonchev–Trinajstić information content (AvgIpc) is 1.62. The summed E-state index contributed by atoms with van der Waals surface area (Å²) in [5, 5.41) is 0. The van der Waals surface area contributed by atoms with Crippen LogP contribution in [0.4, 0.5) is 13.2 Å². The summed E-state index contributed by atoms with van der Waals surface area (Å²) in [4.78, 5) is 9.98. The lowest BCUT2D eigenvalue weighted by atomic mass is 10.3. The van der Waals surface area contributed by atoms with Crippen LogP contribution in [0.25, 0.3) is 0 Å². The Morgan fingerprint density at radius 2 is 1.89 bits per heavy atom. The van der Waals surface area contributed by atoms with Crippen molar-refractivity contribution in [3.05, 3.63) is 0 Å². The topological polar surface area (TPSA) is 43.1 Å². The Balaban J connectivity index is 3.60. The van der Waals surface area contributed by atoms with Gasteiger partial charge in [-0.1, -0.05) is 0 Å². The van der Waals surface area contributed by atoms with Crippen molar-refractivity contribution in [2.24, 2.45) is 5.73 Å². The van der Waals surface area contributed by atoms with Gasteiger partial charge in [0.2, 0.25) is 0 Å². The van der Waals surface area contributed by atoms with Gasteiger partial charge in [-0.15, -0.1) is 0 Å². The molecule has 0 aliphatic rings. The van der Waals surface area contributed by atoms with E-state index in [1.165, 1.54) is 0 Å². The second-order valence-corrected chi connectivity index (χ2v) is 1.53. The van der Waals surface area contributed by atoms with Crippen molar-refractivity contribution in [2.45, 2.75) is 12.6 Å². The van der Waals surface area contributed by atoms with Crippen LogP contribution in [0.3, 0.4) is 0 Å². The smallest absolute Gasteiger partial charge is 0.324 e. The number of halogens is 3. The SMILES string of the molecule is NCC(=O)CC(F)(F)F. The van der Waals surface area contributed by atoms with Crippen molar-refractivity contribution in [1.82, 2.24) is 0 Å². The zero-order valence-electron chi connectivity index (χ0n) is 4.53. The number of carbonyl (C=O) groups is 1. The van der Waals surface area contributed by atoms with E-state index in [4.69, 9.17) is 0 Å². The fourth-order valence-electron chi connectivity index (χ4n) is 0.296. The predicted octanol–water partition coefficient (Wildman–Crippen LogP) is 0.467. The molecule has 0 saturated carbocycles. The molecule has 0 rings (SSSR count). The maximum absolute atomic E-state index is 11.2. The minimum absolute atomic E-state index is 0.542. The summed E-state index contributed by atoms with van der Waals surface area (Å²) in [6.07, 6.45) is -5.82. The van der Waals surface area contributed by atoms with Gasteiger partial charge in [0.15, 0.2) is 5.78 Å². The maximum Gasteiger partial charge on any atom is 0.395 e. The molecule has 0 aliphatic heterocycles. The van der Waals surface area contributed by atoms with Gasteiger partial charge in [0.25, 0.3) is 0 Å². The van der Waals surface area contributed by atoms with Crippen molar-refractivity contribution in [3.8, 4) is 0 Å². The number of alkyl halides is 3. The van der Waals surface area contributed by atoms with Crippen LogP contribution in [-0.2, 0) is 4.79 Å². The monoisotopic (exact) mass is 141 g/mol. The highest BCUT2D eigenvalue weighted by Crippen LogP contribution is 2.18. The highest BCUT2D eigenvalue weighted by Gasteiger charge is 2.29. The first-order chi connectivity index (χ1) is 3.95.